The number of carboxylic acids is 1. The number of ether oxygens (including phenoxy) is 2. The summed E-state index contributed by atoms with van der Waals surface area (Å²) in [6.45, 7) is 0.141. The molecule has 0 heterocycles. The lowest BCUT2D eigenvalue weighted by Crippen LogP contribution is -2.47. The van der Waals surface area contributed by atoms with Crippen molar-refractivity contribution in [2.75, 3.05) is 20.3 Å². The molecule has 2 aromatic carbocycles. The number of alkyl carbamates (subject to hydrolysis) is 1. The van der Waals surface area contributed by atoms with Crippen molar-refractivity contribution in [2.45, 2.75) is 37.3 Å². The summed E-state index contributed by atoms with van der Waals surface area (Å²) >= 11 is 0. The van der Waals surface area contributed by atoms with Crippen molar-refractivity contribution >= 4 is 18.0 Å². The highest BCUT2D eigenvalue weighted by Gasteiger charge is 2.65. The Morgan fingerprint density at radius 3 is 2.32 bits per heavy atom. The predicted octanol–water partition coefficient (Wildman–Crippen LogP) is 2.91. The van der Waals surface area contributed by atoms with Gasteiger partial charge in [-0.05, 0) is 47.4 Å². The molecule has 34 heavy (non-hydrogen) atoms. The van der Waals surface area contributed by atoms with Crippen molar-refractivity contribution in [3.8, 4) is 11.1 Å². The second-order valence-corrected chi connectivity index (χ2v) is 9.48. The molecule has 2 saturated carbocycles. The largest absolute Gasteiger partial charge is 0.480 e. The van der Waals surface area contributed by atoms with Crippen molar-refractivity contribution < 1.29 is 29.0 Å². The number of carbonyl (C=O) groups excluding carboxylic acids is 2. The van der Waals surface area contributed by atoms with E-state index in [4.69, 9.17) is 9.47 Å². The molecule has 0 aliphatic heterocycles. The second-order valence-electron chi connectivity index (χ2n) is 9.48. The molecule has 0 spiro atoms. The maximum atomic E-state index is 12.8. The van der Waals surface area contributed by atoms with E-state index >= 15 is 0 Å². The molecule has 0 radical (unpaired) electrons. The SMILES string of the molecule is COCC(NC(=O)C12CC(NC(=O)OCC3c4ccccc4-c4ccccc43)CC1C2)C(=O)O. The van der Waals surface area contributed by atoms with Gasteiger partial charge in [-0.25, -0.2) is 9.59 Å². The number of aliphatic carboxylic acids is 1. The van der Waals surface area contributed by atoms with Crippen LogP contribution in [0.15, 0.2) is 48.5 Å². The van der Waals surface area contributed by atoms with Crippen LogP contribution in [-0.2, 0) is 19.1 Å². The molecule has 0 bridgehead atoms. The van der Waals surface area contributed by atoms with E-state index in [1.165, 1.54) is 18.2 Å². The summed E-state index contributed by atoms with van der Waals surface area (Å²) in [5.41, 5.74) is 4.03. The zero-order chi connectivity index (χ0) is 23.9. The maximum Gasteiger partial charge on any atom is 0.407 e. The first-order chi connectivity index (χ1) is 16.4. The van der Waals surface area contributed by atoms with E-state index in [1.54, 1.807) is 0 Å². The van der Waals surface area contributed by atoms with Crippen LogP contribution in [0, 0.1) is 11.3 Å². The molecule has 178 valence electrons. The van der Waals surface area contributed by atoms with E-state index < -0.39 is 23.5 Å². The molecule has 8 nitrogen and oxygen atoms in total. The average molecular weight is 465 g/mol. The van der Waals surface area contributed by atoms with E-state index in [9.17, 15) is 19.5 Å². The quantitative estimate of drug-likeness (QED) is 0.554. The van der Waals surface area contributed by atoms with Crippen molar-refractivity contribution in [2.24, 2.45) is 11.3 Å². The first-order valence-electron chi connectivity index (χ1n) is 11.6. The topological polar surface area (TPSA) is 114 Å². The predicted molar refractivity (Wildman–Crippen MR) is 123 cm³/mol. The number of methoxy groups -OCH3 is 1. The zero-order valence-electron chi connectivity index (χ0n) is 19.0. The molecule has 3 N–H and O–H groups in total. The second kappa shape index (κ2) is 8.76. The van der Waals surface area contributed by atoms with Crippen LogP contribution in [0.25, 0.3) is 11.1 Å². The molecule has 4 atom stereocenters. The van der Waals surface area contributed by atoms with Gasteiger partial charge in [0.2, 0.25) is 5.91 Å². The Bertz CT molecular complexity index is 1090. The van der Waals surface area contributed by atoms with Crippen LogP contribution in [0.5, 0.6) is 0 Å². The Labute approximate surface area is 197 Å². The molecular weight excluding hydrogens is 436 g/mol. The maximum absolute atomic E-state index is 12.8. The van der Waals surface area contributed by atoms with Gasteiger partial charge in [0.15, 0.2) is 6.04 Å². The number of carbonyl (C=O) groups is 3. The number of benzene rings is 2. The molecule has 2 amide bonds. The molecular formula is C26H28N2O6. The minimum atomic E-state index is -1.13. The number of hydrogen-bond donors (Lipinski definition) is 3. The molecule has 4 unspecified atom stereocenters. The Hall–Kier alpha value is -3.39. The van der Waals surface area contributed by atoms with Crippen LogP contribution in [0.1, 0.15) is 36.3 Å². The van der Waals surface area contributed by atoms with Gasteiger partial charge in [-0.2, -0.15) is 0 Å². The third-order valence-electron chi connectivity index (χ3n) is 7.47. The summed E-state index contributed by atoms with van der Waals surface area (Å²) in [6, 6.07) is 15.1. The van der Waals surface area contributed by atoms with E-state index in [1.807, 2.05) is 24.3 Å². The van der Waals surface area contributed by atoms with Gasteiger partial charge < -0.3 is 25.2 Å². The average Bonchev–Trinajstić information content (AvgIpc) is 3.25. The Kier molecular flexibility index (Phi) is 5.77. The normalized spacial score (nSPS) is 25.0. The van der Waals surface area contributed by atoms with Crippen molar-refractivity contribution in [1.29, 1.82) is 0 Å². The highest BCUT2D eigenvalue weighted by atomic mass is 16.5. The van der Waals surface area contributed by atoms with Crippen molar-refractivity contribution in [3.05, 3.63) is 59.7 Å². The van der Waals surface area contributed by atoms with Gasteiger partial charge in [-0.1, -0.05) is 48.5 Å². The molecule has 0 aromatic heterocycles. The van der Waals surface area contributed by atoms with Crippen LogP contribution in [0.4, 0.5) is 4.79 Å². The number of amides is 2. The highest BCUT2D eigenvalue weighted by Crippen LogP contribution is 2.63. The summed E-state index contributed by atoms with van der Waals surface area (Å²) in [5, 5.41) is 14.8. The van der Waals surface area contributed by atoms with Crippen molar-refractivity contribution in [3.63, 3.8) is 0 Å². The molecule has 0 saturated heterocycles. The third-order valence-corrected chi connectivity index (χ3v) is 7.47. The molecule has 2 aromatic rings. The standard InChI is InChI=1S/C26H28N2O6/c1-33-14-22(23(29)30)28-24(31)26-11-15(26)10-16(12-26)27-25(32)34-13-21-19-8-4-2-6-17(19)18-7-3-5-9-20(18)21/h2-9,15-16,21-22H,10-14H2,1H3,(H,27,32)(H,28,31)(H,29,30). The van der Waals surface area contributed by atoms with E-state index in [-0.39, 0.29) is 37.0 Å². The lowest BCUT2D eigenvalue weighted by molar-refractivity contribution is -0.144. The summed E-state index contributed by atoms with van der Waals surface area (Å²) in [6.07, 6.45) is 1.37. The Morgan fingerprint density at radius 2 is 1.71 bits per heavy atom. The first kappa shape index (κ1) is 22.4. The fourth-order valence-corrected chi connectivity index (χ4v) is 5.74. The van der Waals surface area contributed by atoms with Gasteiger partial charge in [-0.15, -0.1) is 0 Å². The van der Waals surface area contributed by atoms with E-state index in [2.05, 4.69) is 34.9 Å². The lowest BCUT2D eigenvalue weighted by atomic mass is 9.98. The monoisotopic (exact) mass is 464 g/mol. The Balaban J connectivity index is 1.17. The Morgan fingerprint density at radius 1 is 1.06 bits per heavy atom. The third kappa shape index (κ3) is 3.92. The fraction of sp³-hybridized carbons (Fsp3) is 0.423. The van der Waals surface area contributed by atoms with E-state index in [0.717, 1.165) is 11.1 Å². The van der Waals surface area contributed by atoms with Crippen molar-refractivity contribution in [1.82, 2.24) is 10.6 Å². The number of carboxylic acid groups (broad SMARTS) is 1. The lowest BCUT2D eigenvalue weighted by Gasteiger charge is -2.21. The van der Waals surface area contributed by atoms with Crippen LogP contribution in [-0.4, -0.2) is 55.5 Å². The number of rotatable bonds is 8. The summed E-state index contributed by atoms with van der Waals surface area (Å²) < 4.78 is 10.5. The molecule has 3 aliphatic rings. The molecule has 3 aliphatic carbocycles. The minimum Gasteiger partial charge on any atom is -0.480 e. The van der Waals surface area contributed by atoms with Gasteiger partial charge in [-0.3, -0.25) is 4.79 Å². The smallest absolute Gasteiger partial charge is 0.407 e. The number of nitrogens with one attached hydrogen (secondary N) is 2. The minimum absolute atomic E-state index is 0.0130. The van der Waals surface area contributed by atoms with Crippen LogP contribution in [0.3, 0.4) is 0 Å². The zero-order valence-corrected chi connectivity index (χ0v) is 19.0. The molecule has 5 rings (SSSR count). The van der Waals surface area contributed by atoms with E-state index in [0.29, 0.717) is 19.3 Å². The number of hydrogen-bond acceptors (Lipinski definition) is 5. The molecule has 8 heteroatoms. The fourth-order valence-electron chi connectivity index (χ4n) is 5.74. The van der Waals surface area contributed by atoms with Crippen LogP contribution < -0.4 is 10.6 Å². The van der Waals surface area contributed by atoms with Gasteiger partial charge in [0, 0.05) is 19.1 Å². The highest BCUT2D eigenvalue weighted by molar-refractivity contribution is 5.90. The van der Waals surface area contributed by atoms with Gasteiger partial charge in [0.25, 0.3) is 0 Å². The van der Waals surface area contributed by atoms with Crippen LogP contribution >= 0.6 is 0 Å². The summed E-state index contributed by atoms with van der Waals surface area (Å²) in [5.74, 6) is -1.28. The number of fused-ring (bicyclic) bond motifs is 4. The van der Waals surface area contributed by atoms with Gasteiger partial charge >= 0.3 is 12.1 Å². The summed E-state index contributed by atoms with van der Waals surface area (Å²) in [4.78, 5) is 36.7. The first-order valence-corrected chi connectivity index (χ1v) is 11.6. The van der Waals surface area contributed by atoms with Gasteiger partial charge in [0.05, 0.1) is 12.0 Å². The summed E-state index contributed by atoms with van der Waals surface area (Å²) in [7, 11) is 1.39. The van der Waals surface area contributed by atoms with Gasteiger partial charge in [0.1, 0.15) is 6.61 Å². The molecule has 2 fully saturated rings. The van der Waals surface area contributed by atoms with Crippen LogP contribution in [0.2, 0.25) is 0 Å².